The third-order valence-electron chi connectivity index (χ3n) is 6.13. The number of nitrogens with one attached hydrogen (secondary N) is 2. The molecule has 3 aromatic rings. The van der Waals surface area contributed by atoms with Gasteiger partial charge in [-0.25, -0.2) is 8.42 Å². The summed E-state index contributed by atoms with van der Waals surface area (Å²) in [4.78, 5) is 15.2. The van der Waals surface area contributed by atoms with E-state index in [1.165, 1.54) is 6.07 Å². The summed E-state index contributed by atoms with van der Waals surface area (Å²) >= 11 is 0. The first-order valence-electron chi connectivity index (χ1n) is 11.6. The summed E-state index contributed by atoms with van der Waals surface area (Å²) < 4.78 is 34.3. The van der Waals surface area contributed by atoms with Crippen molar-refractivity contribution in [2.45, 2.75) is 32.2 Å². The molecule has 1 heterocycles. The molecule has 1 aliphatic rings. The van der Waals surface area contributed by atoms with Crippen LogP contribution in [0.25, 0.3) is 0 Å². The van der Waals surface area contributed by atoms with Crippen molar-refractivity contribution in [3.05, 3.63) is 88.5 Å². The highest BCUT2D eigenvalue weighted by Gasteiger charge is 2.20. The van der Waals surface area contributed by atoms with E-state index in [9.17, 15) is 13.2 Å². The van der Waals surface area contributed by atoms with Crippen LogP contribution in [-0.4, -0.2) is 40.6 Å². The lowest BCUT2D eigenvalue weighted by molar-refractivity contribution is 0.0950. The maximum atomic E-state index is 13.1. The summed E-state index contributed by atoms with van der Waals surface area (Å²) in [5.74, 6) is -0.328. The normalized spacial score (nSPS) is 14.0. The highest BCUT2D eigenvalue weighted by Crippen LogP contribution is 2.24. The molecule has 7 nitrogen and oxygen atoms in total. The Kier molecular flexibility index (Phi) is 7.42. The Labute approximate surface area is 207 Å². The van der Waals surface area contributed by atoms with Crippen LogP contribution in [0.2, 0.25) is 0 Å². The maximum absolute atomic E-state index is 13.1. The zero-order valence-electron chi connectivity index (χ0n) is 20.3. The highest BCUT2D eigenvalue weighted by atomic mass is 32.2. The number of sulfonamides is 1. The molecule has 8 heteroatoms. The Balaban J connectivity index is 1.44. The number of morpholine rings is 1. The molecular weight excluding hydrogens is 462 g/mol. The summed E-state index contributed by atoms with van der Waals surface area (Å²) in [6.45, 7) is 9.07. The van der Waals surface area contributed by atoms with Gasteiger partial charge in [0.15, 0.2) is 0 Å². The van der Waals surface area contributed by atoms with Crippen molar-refractivity contribution in [2.24, 2.45) is 0 Å². The molecular formula is C27H31N3O4S. The van der Waals surface area contributed by atoms with Crippen LogP contribution in [0, 0.1) is 20.8 Å². The second kappa shape index (κ2) is 10.5. The molecule has 0 atom stereocenters. The van der Waals surface area contributed by atoms with Gasteiger partial charge in [-0.3, -0.25) is 9.52 Å². The lowest BCUT2D eigenvalue weighted by Gasteiger charge is -2.28. The largest absolute Gasteiger partial charge is 0.378 e. The molecule has 2 N–H and O–H groups in total. The number of amides is 1. The predicted octanol–water partition coefficient (Wildman–Crippen LogP) is 4.18. The van der Waals surface area contributed by atoms with Crippen LogP contribution < -0.4 is 14.9 Å². The first-order chi connectivity index (χ1) is 16.7. The molecule has 0 saturated carbocycles. The van der Waals surface area contributed by atoms with Gasteiger partial charge in [0, 0.05) is 30.9 Å². The number of benzene rings is 3. The van der Waals surface area contributed by atoms with Crippen molar-refractivity contribution in [3.63, 3.8) is 0 Å². The van der Waals surface area contributed by atoms with Crippen LogP contribution in [0.3, 0.4) is 0 Å². The number of hydrogen-bond acceptors (Lipinski definition) is 5. The Morgan fingerprint density at radius 2 is 1.63 bits per heavy atom. The van der Waals surface area contributed by atoms with Gasteiger partial charge < -0.3 is 15.0 Å². The summed E-state index contributed by atoms with van der Waals surface area (Å²) in [5.41, 5.74) is 5.36. The number of rotatable bonds is 7. The van der Waals surface area contributed by atoms with Crippen LogP contribution in [0.1, 0.15) is 32.6 Å². The van der Waals surface area contributed by atoms with Gasteiger partial charge in [0.05, 0.1) is 23.8 Å². The van der Waals surface area contributed by atoms with E-state index in [0.29, 0.717) is 23.4 Å². The molecule has 1 amide bonds. The lowest BCUT2D eigenvalue weighted by atomic mass is 10.1. The van der Waals surface area contributed by atoms with Crippen molar-refractivity contribution in [1.29, 1.82) is 0 Å². The van der Waals surface area contributed by atoms with Crippen LogP contribution >= 0.6 is 0 Å². The molecule has 184 valence electrons. The topological polar surface area (TPSA) is 87.7 Å². The minimum atomic E-state index is -3.86. The predicted molar refractivity (Wildman–Crippen MR) is 139 cm³/mol. The van der Waals surface area contributed by atoms with Crippen LogP contribution in [0.15, 0.2) is 65.6 Å². The fourth-order valence-electron chi connectivity index (χ4n) is 4.09. The van der Waals surface area contributed by atoms with Gasteiger partial charge in [0.25, 0.3) is 15.9 Å². The molecule has 0 aromatic heterocycles. The number of aryl methyl sites for hydroxylation is 3. The zero-order valence-corrected chi connectivity index (χ0v) is 21.1. The minimum Gasteiger partial charge on any atom is -0.378 e. The number of anilines is 2. The Morgan fingerprint density at radius 1 is 0.914 bits per heavy atom. The van der Waals surface area contributed by atoms with E-state index >= 15 is 0 Å². The van der Waals surface area contributed by atoms with Gasteiger partial charge in [-0.2, -0.15) is 0 Å². The molecule has 1 fully saturated rings. The number of carbonyl (C=O) groups is 1. The molecule has 0 radical (unpaired) electrons. The lowest BCUT2D eigenvalue weighted by Crippen LogP contribution is -2.36. The number of carbonyl (C=O) groups excluding carboxylic acids is 1. The Bertz CT molecular complexity index is 1310. The first kappa shape index (κ1) is 24.8. The van der Waals surface area contributed by atoms with Crippen LogP contribution in [0.5, 0.6) is 0 Å². The molecule has 0 unspecified atom stereocenters. The summed E-state index contributed by atoms with van der Waals surface area (Å²) in [5, 5.41) is 2.89. The number of hydrogen-bond donors (Lipinski definition) is 2. The molecule has 0 bridgehead atoms. The van der Waals surface area contributed by atoms with Crippen LogP contribution in [0.4, 0.5) is 11.4 Å². The van der Waals surface area contributed by atoms with Gasteiger partial charge >= 0.3 is 0 Å². The quantitative estimate of drug-likeness (QED) is 0.516. The minimum absolute atomic E-state index is 0.0833. The van der Waals surface area contributed by atoms with Crippen molar-refractivity contribution in [3.8, 4) is 0 Å². The third-order valence-corrected chi connectivity index (χ3v) is 7.64. The molecule has 4 rings (SSSR count). The van der Waals surface area contributed by atoms with E-state index in [-0.39, 0.29) is 10.8 Å². The standard InChI is InChI=1S/C27H31N3O4S/c1-19-4-11-25(21(3)16-19)29-35(32,33)26-17-23(8-5-20(26)2)27(31)28-18-22-6-9-24(10-7-22)30-12-14-34-15-13-30/h4-11,16-17,29H,12-15,18H2,1-3H3,(H,28,31). The fraction of sp³-hybridized carbons (Fsp3) is 0.296. The molecule has 0 aliphatic carbocycles. The van der Waals surface area contributed by atoms with E-state index in [1.54, 1.807) is 25.1 Å². The maximum Gasteiger partial charge on any atom is 0.262 e. The van der Waals surface area contributed by atoms with Gasteiger partial charge in [-0.05, 0) is 67.8 Å². The molecule has 35 heavy (non-hydrogen) atoms. The molecule has 3 aromatic carbocycles. The van der Waals surface area contributed by atoms with Crippen molar-refractivity contribution in [2.75, 3.05) is 35.9 Å². The van der Waals surface area contributed by atoms with Crippen molar-refractivity contribution in [1.82, 2.24) is 5.32 Å². The van der Waals surface area contributed by atoms with E-state index in [1.807, 2.05) is 50.2 Å². The van der Waals surface area contributed by atoms with Gasteiger partial charge in [-0.15, -0.1) is 0 Å². The van der Waals surface area contributed by atoms with Crippen molar-refractivity contribution >= 4 is 27.3 Å². The SMILES string of the molecule is Cc1ccc(NS(=O)(=O)c2cc(C(=O)NCc3ccc(N4CCOCC4)cc3)ccc2C)c(C)c1. The number of nitrogens with zero attached hydrogens (tertiary/aromatic N) is 1. The number of ether oxygens (including phenoxy) is 1. The molecule has 1 aliphatic heterocycles. The summed E-state index contributed by atoms with van der Waals surface area (Å²) in [7, 11) is -3.86. The molecule has 1 saturated heterocycles. The second-order valence-corrected chi connectivity index (χ2v) is 10.5. The Morgan fingerprint density at radius 3 is 2.31 bits per heavy atom. The zero-order chi connectivity index (χ0) is 25.0. The smallest absolute Gasteiger partial charge is 0.262 e. The fourth-order valence-corrected chi connectivity index (χ4v) is 5.49. The van der Waals surface area contributed by atoms with E-state index in [2.05, 4.69) is 14.9 Å². The average molecular weight is 494 g/mol. The van der Waals surface area contributed by atoms with E-state index in [0.717, 1.165) is 48.7 Å². The molecule has 0 spiro atoms. The van der Waals surface area contributed by atoms with E-state index < -0.39 is 10.0 Å². The monoisotopic (exact) mass is 493 g/mol. The first-order valence-corrected chi connectivity index (χ1v) is 13.1. The summed E-state index contributed by atoms with van der Waals surface area (Å²) in [6.07, 6.45) is 0. The third kappa shape index (κ3) is 6.01. The highest BCUT2D eigenvalue weighted by molar-refractivity contribution is 7.92. The van der Waals surface area contributed by atoms with E-state index in [4.69, 9.17) is 4.74 Å². The average Bonchev–Trinajstić information content (AvgIpc) is 2.85. The van der Waals surface area contributed by atoms with Gasteiger partial charge in [0.1, 0.15) is 0 Å². The van der Waals surface area contributed by atoms with Gasteiger partial charge in [-0.1, -0.05) is 35.9 Å². The summed E-state index contributed by atoms with van der Waals surface area (Å²) in [6, 6.07) is 18.3. The van der Waals surface area contributed by atoms with Crippen LogP contribution in [-0.2, 0) is 21.3 Å². The Hall–Kier alpha value is -3.36. The van der Waals surface area contributed by atoms with Crippen molar-refractivity contribution < 1.29 is 17.9 Å². The second-order valence-electron chi connectivity index (χ2n) is 8.85. The van der Waals surface area contributed by atoms with Gasteiger partial charge in [0.2, 0.25) is 0 Å².